The standard InChI is InChI=1S/C18H25NO2/c1-21-12-16-5-3-2-4-15(16)11-19-18(20)10-17-9-13-6-7-14(17)8-13/h2-5,13-14,17H,6-12H2,1H3,(H,19,20)/t13-,14-,17-/m1/s1. The van der Waals surface area contributed by atoms with Crippen LogP contribution in [0.2, 0.25) is 0 Å². The molecule has 0 saturated heterocycles. The monoisotopic (exact) mass is 287 g/mol. The van der Waals surface area contributed by atoms with Crippen LogP contribution in [0.1, 0.15) is 43.2 Å². The molecule has 2 aliphatic carbocycles. The molecule has 1 amide bonds. The number of carbonyl (C=O) groups is 1. The Labute approximate surface area is 127 Å². The van der Waals surface area contributed by atoms with E-state index >= 15 is 0 Å². The summed E-state index contributed by atoms with van der Waals surface area (Å²) in [5.74, 6) is 2.58. The largest absolute Gasteiger partial charge is 0.380 e. The van der Waals surface area contributed by atoms with Crippen molar-refractivity contribution < 1.29 is 9.53 Å². The van der Waals surface area contributed by atoms with E-state index in [1.54, 1.807) is 7.11 Å². The summed E-state index contributed by atoms with van der Waals surface area (Å²) < 4.78 is 5.20. The lowest BCUT2D eigenvalue weighted by atomic mass is 9.86. The molecule has 1 aromatic carbocycles. The number of rotatable bonds is 6. The van der Waals surface area contributed by atoms with Crippen molar-refractivity contribution in [2.24, 2.45) is 17.8 Å². The second-order valence-electron chi connectivity index (χ2n) is 6.62. The van der Waals surface area contributed by atoms with E-state index in [4.69, 9.17) is 4.74 Å². The number of nitrogens with one attached hydrogen (secondary N) is 1. The third kappa shape index (κ3) is 3.46. The van der Waals surface area contributed by atoms with Gasteiger partial charge in [-0.15, -0.1) is 0 Å². The Morgan fingerprint density at radius 3 is 2.71 bits per heavy atom. The Morgan fingerprint density at radius 1 is 1.24 bits per heavy atom. The van der Waals surface area contributed by atoms with E-state index in [1.165, 1.54) is 25.7 Å². The van der Waals surface area contributed by atoms with Gasteiger partial charge in [0.25, 0.3) is 0 Å². The third-order valence-electron chi connectivity index (χ3n) is 5.23. The van der Waals surface area contributed by atoms with Gasteiger partial charge in [-0.1, -0.05) is 30.7 Å². The van der Waals surface area contributed by atoms with Crippen molar-refractivity contribution >= 4 is 5.91 Å². The number of methoxy groups -OCH3 is 1. The van der Waals surface area contributed by atoms with Crippen molar-refractivity contribution in [3.05, 3.63) is 35.4 Å². The van der Waals surface area contributed by atoms with Crippen molar-refractivity contribution in [1.82, 2.24) is 5.32 Å². The number of amides is 1. The van der Waals surface area contributed by atoms with Crippen LogP contribution in [-0.2, 0) is 22.7 Å². The summed E-state index contributed by atoms with van der Waals surface area (Å²) in [6.45, 7) is 1.21. The fourth-order valence-corrected chi connectivity index (χ4v) is 4.16. The highest BCUT2D eigenvalue weighted by Crippen LogP contribution is 2.49. The SMILES string of the molecule is COCc1ccccc1CNC(=O)C[C@H]1C[C@@H]2CC[C@@H]1C2. The number of carbonyl (C=O) groups excluding carboxylic acids is 1. The molecule has 0 aliphatic heterocycles. The van der Waals surface area contributed by atoms with Crippen LogP contribution in [0.4, 0.5) is 0 Å². The molecule has 1 aromatic rings. The van der Waals surface area contributed by atoms with E-state index in [1.807, 2.05) is 12.1 Å². The maximum atomic E-state index is 12.2. The normalized spacial score (nSPS) is 27.0. The van der Waals surface area contributed by atoms with Crippen molar-refractivity contribution in [3.63, 3.8) is 0 Å². The minimum absolute atomic E-state index is 0.208. The topological polar surface area (TPSA) is 38.3 Å². The lowest BCUT2D eigenvalue weighted by molar-refractivity contribution is -0.122. The van der Waals surface area contributed by atoms with Gasteiger partial charge >= 0.3 is 0 Å². The highest BCUT2D eigenvalue weighted by molar-refractivity contribution is 5.76. The Balaban J connectivity index is 1.49. The highest BCUT2D eigenvalue weighted by atomic mass is 16.5. The van der Waals surface area contributed by atoms with Gasteiger partial charge in [-0.2, -0.15) is 0 Å². The summed E-state index contributed by atoms with van der Waals surface area (Å²) in [6, 6.07) is 8.14. The molecule has 3 rings (SSSR count). The van der Waals surface area contributed by atoms with E-state index in [-0.39, 0.29) is 5.91 Å². The fourth-order valence-electron chi connectivity index (χ4n) is 4.16. The Morgan fingerprint density at radius 2 is 2.05 bits per heavy atom. The lowest BCUT2D eigenvalue weighted by Crippen LogP contribution is -2.27. The molecule has 3 nitrogen and oxygen atoms in total. The predicted octanol–water partition coefficient (Wildman–Crippen LogP) is 3.28. The number of ether oxygens (including phenoxy) is 1. The number of benzene rings is 1. The van der Waals surface area contributed by atoms with Gasteiger partial charge in [0.05, 0.1) is 6.61 Å². The molecule has 3 heteroatoms. The maximum Gasteiger partial charge on any atom is 0.220 e. The molecular weight excluding hydrogens is 262 g/mol. The first-order valence-corrected chi connectivity index (χ1v) is 8.08. The van der Waals surface area contributed by atoms with Gasteiger partial charge in [-0.25, -0.2) is 0 Å². The van der Waals surface area contributed by atoms with Crippen LogP contribution in [0.15, 0.2) is 24.3 Å². The number of fused-ring (bicyclic) bond motifs is 2. The summed E-state index contributed by atoms with van der Waals surface area (Å²) in [5.41, 5.74) is 2.31. The van der Waals surface area contributed by atoms with Crippen LogP contribution in [0.3, 0.4) is 0 Å². The quantitative estimate of drug-likeness (QED) is 0.872. The van der Waals surface area contributed by atoms with Gasteiger partial charge in [0.15, 0.2) is 0 Å². The van der Waals surface area contributed by atoms with E-state index in [0.29, 0.717) is 25.5 Å². The molecule has 114 valence electrons. The molecule has 0 spiro atoms. The van der Waals surface area contributed by atoms with Gasteiger partial charge in [-0.05, 0) is 48.1 Å². The van der Waals surface area contributed by atoms with Crippen LogP contribution in [0, 0.1) is 17.8 Å². The molecular formula is C18H25NO2. The Hall–Kier alpha value is -1.35. The van der Waals surface area contributed by atoms with E-state index in [2.05, 4.69) is 17.4 Å². The lowest BCUT2D eigenvalue weighted by Gasteiger charge is -2.21. The zero-order valence-electron chi connectivity index (χ0n) is 12.8. The van der Waals surface area contributed by atoms with Crippen molar-refractivity contribution in [1.29, 1.82) is 0 Å². The summed E-state index contributed by atoms with van der Waals surface area (Å²) in [5, 5.41) is 3.09. The molecule has 2 fully saturated rings. The molecule has 1 N–H and O–H groups in total. The zero-order valence-corrected chi connectivity index (χ0v) is 12.8. The van der Waals surface area contributed by atoms with E-state index in [0.717, 1.165) is 23.0 Å². The van der Waals surface area contributed by atoms with E-state index < -0.39 is 0 Å². The van der Waals surface area contributed by atoms with Crippen molar-refractivity contribution in [2.45, 2.75) is 45.3 Å². The molecule has 2 saturated carbocycles. The Kier molecular flexibility index (Phi) is 4.59. The molecule has 0 unspecified atom stereocenters. The van der Waals surface area contributed by atoms with Gasteiger partial charge in [0, 0.05) is 20.1 Å². The van der Waals surface area contributed by atoms with Crippen molar-refractivity contribution in [2.75, 3.05) is 7.11 Å². The number of hydrogen-bond acceptors (Lipinski definition) is 2. The van der Waals surface area contributed by atoms with E-state index in [9.17, 15) is 4.79 Å². The van der Waals surface area contributed by atoms with Crippen LogP contribution in [0.25, 0.3) is 0 Å². The molecule has 2 aliphatic rings. The minimum Gasteiger partial charge on any atom is -0.380 e. The molecule has 21 heavy (non-hydrogen) atoms. The molecule has 0 aromatic heterocycles. The Bertz CT molecular complexity index is 500. The number of hydrogen-bond donors (Lipinski definition) is 1. The molecule has 2 bridgehead atoms. The summed E-state index contributed by atoms with van der Waals surface area (Å²) >= 11 is 0. The summed E-state index contributed by atoms with van der Waals surface area (Å²) in [7, 11) is 1.70. The van der Waals surface area contributed by atoms with Crippen molar-refractivity contribution in [3.8, 4) is 0 Å². The minimum atomic E-state index is 0.208. The predicted molar refractivity (Wildman–Crippen MR) is 82.6 cm³/mol. The van der Waals surface area contributed by atoms with Crippen LogP contribution >= 0.6 is 0 Å². The molecule has 0 heterocycles. The summed E-state index contributed by atoms with van der Waals surface area (Å²) in [6.07, 6.45) is 6.10. The van der Waals surface area contributed by atoms with Crippen LogP contribution in [0.5, 0.6) is 0 Å². The first-order chi connectivity index (χ1) is 10.3. The smallest absolute Gasteiger partial charge is 0.220 e. The van der Waals surface area contributed by atoms with Gasteiger partial charge < -0.3 is 10.1 Å². The molecule has 0 radical (unpaired) electrons. The average molecular weight is 287 g/mol. The first kappa shape index (κ1) is 14.6. The van der Waals surface area contributed by atoms with Crippen LogP contribution in [-0.4, -0.2) is 13.0 Å². The van der Waals surface area contributed by atoms with Crippen LogP contribution < -0.4 is 5.32 Å². The highest BCUT2D eigenvalue weighted by Gasteiger charge is 2.39. The summed E-state index contributed by atoms with van der Waals surface area (Å²) in [4.78, 5) is 12.2. The van der Waals surface area contributed by atoms with Gasteiger partial charge in [-0.3, -0.25) is 4.79 Å². The average Bonchev–Trinajstić information content (AvgIpc) is 3.09. The second-order valence-corrected chi connectivity index (χ2v) is 6.62. The van der Waals surface area contributed by atoms with Gasteiger partial charge in [0.2, 0.25) is 5.91 Å². The van der Waals surface area contributed by atoms with Gasteiger partial charge in [0.1, 0.15) is 0 Å². The first-order valence-electron chi connectivity index (χ1n) is 8.08. The maximum absolute atomic E-state index is 12.2. The fraction of sp³-hybridized carbons (Fsp3) is 0.611. The third-order valence-corrected chi connectivity index (χ3v) is 5.23. The molecule has 3 atom stereocenters. The zero-order chi connectivity index (χ0) is 14.7. The second kappa shape index (κ2) is 6.61.